The summed E-state index contributed by atoms with van der Waals surface area (Å²) >= 11 is 0. The molecule has 0 spiro atoms. The number of fused-ring (bicyclic) bond motifs is 1. The van der Waals surface area contributed by atoms with E-state index in [1.807, 2.05) is 18.2 Å². The molecule has 0 unspecified atom stereocenters. The van der Waals surface area contributed by atoms with Crippen molar-refractivity contribution in [2.45, 2.75) is 13.3 Å². The van der Waals surface area contributed by atoms with Gasteiger partial charge in [0.15, 0.2) is 0 Å². The van der Waals surface area contributed by atoms with Gasteiger partial charge in [-0.1, -0.05) is 18.2 Å². The van der Waals surface area contributed by atoms with Crippen LogP contribution in [0.3, 0.4) is 0 Å². The normalized spacial score (nSPS) is 10.9. The van der Waals surface area contributed by atoms with Gasteiger partial charge in [0.05, 0.1) is 10.9 Å². The Labute approximate surface area is 168 Å². The van der Waals surface area contributed by atoms with Crippen molar-refractivity contribution in [1.82, 2.24) is 19.4 Å². The topological polar surface area (TPSA) is 89.2 Å². The summed E-state index contributed by atoms with van der Waals surface area (Å²) in [4.78, 5) is 43.2. The second-order valence-electron chi connectivity index (χ2n) is 6.83. The minimum absolute atomic E-state index is 0.239. The van der Waals surface area contributed by atoms with Crippen LogP contribution in [0.25, 0.3) is 11.0 Å². The first-order chi connectivity index (χ1) is 13.9. The summed E-state index contributed by atoms with van der Waals surface area (Å²) in [7, 11) is 2.95. The van der Waals surface area contributed by atoms with Crippen LogP contribution in [0, 0.1) is 0 Å². The van der Waals surface area contributed by atoms with Crippen molar-refractivity contribution < 1.29 is 4.79 Å². The molecule has 0 atom stereocenters. The number of hydrogen-bond acceptors (Lipinski definition) is 5. The number of anilines is 1. The summed E-state index contributed by atoms with van der Waals surface area (Å²) in [5, 5.41) is 3.11. The number of carbonyl (C=O) groups excluding carboxylic acids is 1. The lowest BCUT2D eigenvalue weighted by Gasteiger charge is -2.23. The molecule has 2 aromatic heterocycles. The summed E-state index contributed by atoms with van der Waals surface area (Å²) in [6.07, 6.45) is 2.17. The predicted molar refractivity (Wildman–Crippen MR) is 114 cm³/mol. The Morgan fingerprint density at radius 3 is 2.55 bits per heavy atom. The lowest BCUT2D eigenvalue weighted by molar-refractivity contribution is 0.0953. The van der Waals surface area contributed by atoms with Crippen LogP contribution in [0.5, 0.6) is 0 Å². The summed E-state index contributed by atoms with van der Waals surface area (Å²) in [5.41, 5.74) is 0.791. The largest absolute Gasteiger partial charge is 0.372 e. The Hall–Kier alpha value is -3.42. The Bertz CT molecular complexity index is 1130. The van der Waals surface area contributed by atoms with E-state index in [2.05, 4.69) is 34.3 Å². The molecule has 0 aliphatic carbocycles. The van der Waals surface area contributed by atoms with E-state index in [0.29, 0.717) is 12.1 Å². The molecule has 0 saturated carbocycles. The van der Waals surface area contributed by atoms with Crippen LogP contribution >= 0.6 is 0 Å². The third-order valence-corrected chi connectivity index (χ3v) is 4.95. The molecule has 2 heterocycles. The van der Waals surface area contributed by atoms with Gasteiger partial charge < -0.3 is 10.2 Å². The van der Waals surface area contributed by atoms with E-state index < -0.39 is 11.2 Å². The van der Waals surface area contributed by atoms with Gasteiger partial charge in [-0.2, -0.15) is 0 Å². The predicted octanol–water partition coefficient (Wildman–Crippen LogP) is 1.28. The minimum atomic E-state index is -0.466. The summed E-state index contributed by atoms with van der Waals surface area (Å²) < 4.78 is 2.30. The number of benzene rings is 1. The van der Waals surface area contributed by atoms with E-state index in [0.717, 1.165) is 29.8 Å². The van der Waals surface area contributed by atoms with E-state index in [9.17, 15) is 14.4 Å². The molecule has 0 aliphatic heterocycles. The number of hydrogen-bond donors (Lipinski definition) is 1. The number of nitrogens with one attached hydrogen (secondary N) is 1. The highest BCUT2D eigenvalue weighted by atomic mass is 16.2. The lowest BCUT2D eigenvalue weighted by Crippen LogP contribution is -2.37. The molecule has 0 fully saturated rings. The first-order valence-electron chi connectivity index (χ1n) is 9.58. The van der Waals surface area contributed by atoms with Gasteiger partial charge in [-0.3, -0.25) is 18.7 Å². The number of nitrogens with zero attached hydrogens (tertiary/aromatic N) is 4. The van der Waals surface area contributed by atoms with E-state index in [1.54, 1.807) is 7.05 Å². The molecule has 0 radical (unpaired) electrons. The molecule has 0 saturated heterocycles. The highest BCUT2D eigenvalue weighted by molar-refractivity contribution is 5.96. The number of carbonyl (C=O) groups is 1. The molecule has 0 bridgehead atoms. The van der Waals surface area contributed by atoms with Crippen LogP contribution in [-0.2, 0) is 14.1 Å². The average Bonchev–Trinajstić information content (AvgIpc) is 2.76. The Morgan fingerprint density at radius 2 is 1.86 bits per heavy atom. The third-order valence-electron chi connectivity index (χ3n) is 4.95. The number of amides is 1. The van der Waals surface area contributed by atoms with Gasteiger partial charge in [-0.15, -0.1) is 0 Å². The van der Waals surface area contributed by atoms with Gasteiger partial charge in [-0.25, -0.2) is 9.78 Å². The monoisotopic (exact) mass is 395 g/mol. The molecule has 3 rings (SSSR count). The Kier molecular flexibility index (Phi) is 6.11. The zero-order chi connectivity index (χ0) is 21.0. The lowest BCUT2D eigenvalue weighted by atomic mass is 10.2. The number of para-hydroxylation sites is 1. The molecule has 1 amide bonds. The second kappa shape index (κ2) is 8.72. The van der Waals surface area contributed by atoms with Crippen LogP contribution in [0.4, 0.5) is 5.69 Å². The maximum atomic E-state index is 12.5. The first-order valence-corrected chi connectivity index (χ1v) is 9.58. The smallest absolute Gasteiger partial charge is 0.332 e. The number of aryl methyl sites for hydroxylation is 1. The fraction of sp³-hybridized carbons (Fsp3) is 0.333. The van der Waals surface area contributed by atoms with E-state index in [4.69, 9.17) is 0 Å². The van der Waals surface area contributed by atoms with Crippen LogP contribution in [0.2, 0.25) is 0 Å². The van der Waals surface area contributed by atoms with Crippen molar-refractivity contribution in [2.75, 3.05) is 24.5 Å². The number of rotatable bonds is 7. The maximum Gasteiger partial charge on any atom is 0.332 e. The standard InChI is InChI=1S/C21H25N5O3/c1-4-26(16-9-6-5-7-10-16)12-8-11-22-19(27)15-13-17-18(23-14-15)24(2)21(29)25(3)20(17)28/h5-7,9-10,13-14H,4,8,11-12H2,1-3H3,(H,22,27). The average molecular weight is 395 g/mol. The molecule has 8 heteroatoms. The number of aromatic nitrogens is 3. The Balaban J connectivity index is 1.66. The van der Waals surface area contributed by atoms with E-state index in [-0.39, 0.29) is 16.9 Å². The summed E-state index contributed by atoms with van der Waals surface area (Å²) in [6.45, 7) is 4.31. The maximum absolute atomic E-state index is 12.5. The molecule has 1 aromatic carbocycles. The van der Waals surface area contributed by atoms with Crippen molar-refractivity contribution in [3.63, 3.8) is 0 Å². The van der Waals surface area contributed by atoms with Crippen molar-refractivity contribution in [2.24, 2.45) is 14.1 Å². The fourth-order valence-corrected chi connectivity index (χ4v) is 3.27. The number of pyridine rings is 1. The molecule has 152 valence electrons. The van der Waals surface area contributed by atoms with Crippen molar-refractivity contribution in [1.29, 1.82) is 0 Å². The highest BCUT2D eigenvalue weighted by Gasteiger charge is 2.13. The zero-order valence-electron chi connectivity index (χ0n) is 16.9. The van der Waals surface area contributed by atoms with Gasteiger partial charge in [0.2, 0.25) is 0 Å². The molecule has 1 N–H and O–H groups in total. The molecule has 3 aromatic rings. The van der Waals surface area contributed by atoms with Gasteiger partial charge in [0, 0.05) is 45.6 Å². The zero-order valence-corrected chi connectivity index (χ0v) is 16.9. The van der Waals surface area contributed by atoms with Gasteiger partial charge in [0.1, 0.15) is 5.65 Å². The van der Waals surface area contributed by atoms with Crippen molar-refractivity contribution in [3.05, 3.63) is 69.0 Å². The third kappa shape index (κ3) is 4.21. The fourth-order valence-electron chi connectivity index (χ4n) is 3.27. The van der Waals surface area contributed by atoms with E-state index in [1.165, 1.54) is 23.9 Å². The van der Waals surface area contributed by atoms with Crippen LogP contribution in [0.1, 0.15) is 23.7 Å². The van der Waals surface area contributed by atoms with E-state index >= 15 is 0 Å². The molecular formula is C21H25N5O3. The molecular weight excluding hydrogens is 370 g/mol. The second-order valence-corrected chi connectivity index (χ2v) is 6.83. The highest BCUT2D eigenvalue weighted by Crippen LogP contribution is 2.13. The quantitative estimate of drug-likeness (QED) is 0.609. The first kappa shape index (κ1) is 20.3. The molecule has 8 nitrogen and oxygen atoms in total. The van der Waals surface area contributed by atoms with Crippen molar-refractivity contribution in [3.8, 4) is 0 Å². The van der Waals surface area contributed by atoms with Gasteiger partial charge in [0.25, 0.3) is 11.5 Å². The summed E-state index contributed by atoms with van der Waals surface area (Å²) in [6, 6.07) is 11.6. The molecule has 0 aliphatic rings. The van der Waals surface area contributed by atoms with Gasteiger partial charge >= 0.3 is 5.69 Å². The summed E-state index contributed by atoms with van der Waals surface area (Å²) in [5.74, 6) is -0.293. The SMILES string of the molecule is CCN(CCCNC(=O)c1cnc2c(c1)c(=O)n(C)c(=O)n2C)c1ccccc1. The van der Waals surface area contributed by atoms with Crippen LogP contribution in [0.15, 0.2) is 52.2 Å². The van der Waals surface area contributed by atoms with Gasteiger partial charge in [-0.05, 0) is 31.5 Å². The Morgan fingerprint density at radius 1 is 1.14 bits per heavy atom. The minimum Gasteiger partial charge on any atom is -0.372 e. The van der Waals surface area contributed by atoms with Crippen LogP contribution < -0.4 is 21.5 Å². The van der Waals surface area contributed by atoms with Crippen LogP contribution in [-0.4, -0.2) is 39.7 Å². The molecule has 29 heavy (non-hydrogen) atoms. The van der Waals surface area contributed by atoms with Crippen molar-refractivity contribution >= 4 is 22.6 Å².